The Bertz CT molecular complexity index is 935. The van der Waals surface area contributed by atoms with Crippen LogP contribution in [0, 0.1) is 5.92 Å². The van der Waals surface area contributed by atoms with Crippen molar-refractivity contribution in [2.45, 2.75) is 26.8 Å². The molecular formula is C23H26N2O2. The number of methoxy groups -OCH3 is 1. The Labute approximate surface area is 160 Å². The summed E-state index contributed by atoms with van der Waals surface area (Å²) in [5.74, 6) is 1.24. The van der Waals surface area contributed by atoms with Gasteiger partial charge in [-0.25, -0.2) is 0 Å². The van der Waals surface area contributed by atoms with E-state index in [2.05, 4.69) is 28.8 Å². The molecule has 27 heavy (non-hydrogen) atoms. The van der Waals surface area contributed by atoms with E-state index in [1.54, 1.807) is 7.11 Å². The van der Waals surface area contributed by atoms with Crippen molar-refractivity contribution < 1.29 is 9.53 Å². The predicted octanol–water partition coefficient (Wildman–Crippen LogP) is 5.45. The molecule has 0 unspecified atom stereocenters. The lowest BCUT2D eigenvalue weighted by Crippen LogP contribution is -2.14. The molecule has 0 spiro atoms. The van der Waals surface area contributed by atoms with Crippen molar-refractivity contribution in [1.29, 1.82) is 0 Å². The number of ether oxygens (including phenoxy) is 1. The van der Waals surface area contributed by atoms with Gasteiger partial charge in [0, 0.05) is 29.9 Å². The third-order valence-electron chi connectivity index (χ3n) is 4.43. The summed E-state index contributed by atoms with van der Waals surface area (Å²) in [7, 11) is 1.69. The van der Waals surface area contributed by atoms with Crippen LogP contribution in [0.3, 0.4) is 0 Å². The van der Waals surface area contributed by atoms with E-state index < -0.39 is 0 Å². The van der Waals surface area contributed by atoms with E-state index in [9.17, 15) is 4.79 Å². The van der Waals surface area contributed by atoms with Gasteiger partial charge in [0.1, 0.15) is 5.75 Å². The molecule has 0 radical (unpaired) electrons. The first-order valence-electron chi connectivity index (χ1n) is 9.25. The molecule has 3 rings (SSSR count). The Hall–Kier alpha value is -3.01. The molecule has 3 aromatic carbocycles. The number of fused-ring (bicyclic) bond motifs is 1. The second-order valence-corrected chi connectivity index (χ2v) is 7.05. The van der Waals surface area contributed by atoms with Gasteiger partial charge in [-0.15, -0.1) is 0 Å². The van der Waals surface area contributed by atoms with Gasteiger partial charge in [-0.3, -0.25) is 4.79 Å². The smallest absolute Gasteiger partial charge is 0.224 e. The standard InChI is InChI=1S/C23H26N2O2/c1-16(2)13-23(26)25-19-9-6-8-18(14-19)24-15-21-20-10-5-4-7-17(20)11-12-22(21)27-3/h4-12,14,16,24H,13,15H2,1-3H3,(H,25,26). The molecule has 2 N–H and O–H groups in total. The molecule has 0 saturated carbocycles. The third kappa shape index (κ3) is 4.79. The second-order valence-electron chi connectivity index (χ2n) is 7.05. The molecule has 4 heteroatoms. The highest BCUT2D eigenvalue weighted by atomic mass is 16.5. The highest BCUT2D eigenvalue weighted by molar-refractivity contribution is 5.91. The number of nitrogens with one attached hydrogen (secondary N) is 2. The van der Waals surface area contributed by atoms with Crippen molar-refractivity contribution >= 4 is 28.1 Å². The zero-order chi connectivity index (χ0) is 19.2. The van der Waals surface area contributed by atoms with Crippen LogP contribution in [0.4, 0.5) is 11.4 Å². The molecule has 0 saturated heterocycles. The molecule has 0 aromatic heterocycles. The summed E-state index contributed by atoms with van der Waals surface area (Å²) in [4.78, 5) is 12.0. The molecule has 0 aliphatic carbocycles. The number of hydrogen-bond donors (Lipinski definition) is 2. The van der Waals surface area contributed by atoms with E-state index in [0.717, 1.165) is 22.7 Å². The lowest BCUT2D eigenvalue weighted by molar-refractivity contribution is -0.116. The van der Waals surface area contributed by atoms with Gasteiger partial charge < -0.3 is 15.4 Å². The minimum absolute atomic E-state index is 0.0397. The Morgan fingerprint density at radius 3 is 2.56 bits per heavy atom. The number of carbonyl (C=O) groups is 1. The molecule has 0 fully saturated rings. The molecule has 140 valence electrons. The van der Waals surface area contributed by atoms with Crippen LogP contribution in [0.2, 0.25) is 0 Å². The first-order chi connectivity index (χ1) is 13.1. The Kier molecular flexibility index (Phi) is 5.97. The van der Waals surface area contributed by atoms with Crippen LogP contribution in [0.5, 0.6) is 5.75 Å². The summed E-state index contributed by atoms with van der Waals surface area (Å²) in [6.45, 7) is 4.71. The first-order valence-corrected chi connectivity index (χ1v) is 9.25. The summed E-state index contributed by atoms with van der Waals surface area (Å²) < 4.78 is 5.56. The molecular weight excluding hydrogens is 336 g/mol. The largest absolute Gasteiger partial charge is 0.496 e. The highest BCUT2D eigenvalue weighted by Crippen LogP contribution is 2.29. The average Bonchev–Trinajstić information content (AvgIpc) is 2.65. The first kappa shape index (κ1) is 18.8. The molecule has 0 aliphatic rings. The van der Waals surface area contributed by atoms with E-state index in [4.69, 9.17) is 4.74 Å². The fourth-order valence-electron chi connectivity index (χ4n) is 3.17. The summed E-state index contributed by atoms with van der Waals surface area (Å²) in [5.41, 5.74) is 2.87. The number of hydrogen-bond acceptors (Lipinski definition) is 3. The molecule has 3 aromatic rings. The van der Waals surface area contributed by atoms with Gasteiger partial charge in [0.05, 0.1) is 7.11 Å². The van der Waals surface area contributed by atoms with Gasteiger partial charge in [0.15, 0.2) is 0 Å². The molecule has 0 aliphatic heterocycles. The van der Waals surface area contributed by atoms with E-state index in [1.165, 1.54) is 10.8 Å². The number of benzene rings is 3. The second kappa shape index (κ2) is 8.58. The number of anilines is 2. The van der Waals surface area contributed by atoms with E-state index >= 15 is 0 Å². The van der Waals surface area contributed by atoms with Gasteiger partial charge in [0.2, 0.25) is 5.91 Å². The summed E-state index contributed by atoms with van der Waals surface area (Å²) in [6.07, 6.45) is 0.519. The maximum absolute atomic E-state index is 12.0. The third-order valence-corrected chi connectivity index (χ3v) is 4.43. The van der Waals surface area contributed by atoms with Gasteiger partial charge in [-0.2, -0.15) is 0 Å². The highest BCUT2D eigenvalue weighted by Gasteiger charge is 2.09. The van der Waals surface area contributed by atoms with Crippen molar-refractivity contribution in [3.05, 3.63) is 66.2 Å². The fraction of sp³-hybridized carbons (Fsp3) is 0.261. The minimum atomic E-state index is 0.0397. The number of carbonyl (C=O) groups excluding carboxylic acids is 1. The Balaban J connectivity index is 1.77. The SMILES string of the molecule is COc1ccc2ccccc2c1CNc1cccc(NC(=O)CC(C)C)c1. The van der Waals surface area contributed by atoms with Crippen LogP contribution >= 0.6 is 0 Å². The molecule has 1 amide bonds. The zero-order valence-corrected chi connectivity index (χ0v) is 16.1. The van der Waals surface area contributed by atoms with Crippen LogP contribution in [-0.2, 0) is 11.3 Å². The van der Waals surface area contributed by atoms with Crippen LogP contribution in [0.15, 0.2) is 60.7 Å². The van der Waals surface area contributed by atoms with E-state index in [1.807, 2.05) is 56.3 Å². The van der Waals surface area contributed by atoms with E-state index in [-0.39, 0.29) is 5.91 Å². The van der Waals surface area contributed by atoms with Crippen molar-refractivity contribution in [1.82, 2.24) is 0 Å². The zero-order valence-electron chi connectivity index (χ0n) is 16.1. The molecule has 4 nitrogen and oxygen atoms in total. The van der Waals surface area contributed by atoms with Crippen molar-refractivity contribution in [3.63, 3.8) is 0 Å². The van der Waals surface area contributed by atoms with Crippen molar-refractivity contribution in [2.75, 3.05) is 17.7 Å². The Morgan fingerprint density at radius 1 is 1.00 bits per heavy atom. The van der Waals surface area contributed by atoms with Gasteiger partial charge in [0.25, 0.3) is 0 Å². The van der Waals surface area contributed by atoms with Gasteiger partial charge >= 0.3 is 0 Å². The number of rotatable bonds is 7. The summed E-state index contributed by atoms with van der Waals surface area (Å²) in [5, 5.41) is 8.77. The normalized spacial score (nSPS) is 10.8. The lowest BCUT2D eigenvalue weighted by atomic mass is 10.0. The lowest BCUT2D eigenvalue weighted by Gasteiger charge is -2.14. The van der Waals surface area contributed by atoms with Crippen LogP contribution in [-0.4, -0.2) is 13.0 Å². The number of amides is 1. The predicted molar refractivity (Wildman–Crippen MR) is 112 cm³/mol. The fourth-order valence-corrected chi connectivity index (χ4v) is 3.17. The monoisotopic (exact) mass is 362 g/mol. The quantitative estimate of drug-likeness (QED) is 0.588. The maximum Gasteiger partial charge on any atom is 0.224 e. The van der Waals surface area contributed by atoms with Gasteiger partial charge in [-0.1, -0.05) is 50.2 Å². The average molecular weight is 362 g/mol. The summed E-state index contributed by atoms with van der Waals surface area (Å²) in [6, 6.07) is 20.2. The van der Waals surface area contributed by atoms with Crippen LogP contribution < -0.4 is 15.4 Å². The maximum atomic E-state index is 12.0. The molecule has 0 atom stereocenters. The van der Waals surface area contributed by atoms with Crippen molar-refractivity contribution in [2.24, 2.45) is 5.92 Å². The van der Waals surface area contributed by atoms with Crippen molar-refractivity contribution in [3.8, 4) is 5.75 Å². The Morgan fingerprint density at radius 2 is 1.78 bits per heavy atom. The minimum Gasteiger partial charge on any atom is -0.496 e. The summed E-state index contributed by atoms with van der Waals surface area (Å²) >= 11 is 0. The van der Waals surface area contributed by atoms with E-state index in [0.29, 0.717) is 18.9 Å². The molecule has 0 bridgehead atoms. The van der Waals surface area contributed by atoms with Crippen LogP contribution in [0.1, 0.15) is 25.8 Å². The molecule has 0 heterocycles. The van der Waals surface area contributed by atoms with Crippen LogP contribution in [0.25, 0.3) is 10.8 Å². The topological polar surface area (TPSA) is 50.4 Å². The van der Waals surface area contributed by atoms with Gasteiger partial charge in [-0.05, 0) is 41.0 Å².